The van der Waals surface area contributed by atoms with Crippen LogP contribution < -0.4 is 5.73 Å². The summed E-state index contributed by atoms with van der Waals surface area (Å²) in [6, 6.07) is 35.9. The predicted octanol–water partition coefficient (Wildman–Crippen LogP) is 8.00. The first-order valence-electron chi connectivity index (χ1n) is 11.3. The van der Waals surface area contributed by atoms with Crippen molar-refractivity contribution in [2.75, 3.05) is 0 Å². The van der Waals surface area contributed by atoms with E-state index in [1.54, 1.807) is 0 Å². The van der Waals surface area contributed by atoms with Crippen LogP contribution in [0.15, 0.2) is 108 Å². The minimum atomic E-state index is 0.0442. The molecule has 0 bridgehead atoms. The van der Waals surface area contributed by atoms with E-state index in [2.05, 4.69) is 78.9 Å². The van der Waals surface area contributed by atoms with E-state index < -0.39 is 0 Å². The van der Waals surface area contributed by atoms with Gasteiger partial charge in [-0.25, -0.2) is 0 Å². The third-order valence-electron chi connectivity index (χ3n) is 6.86. The lowest BCUT2D eigenvalue weighted by molar-refractivity contribution is 0.669. The zero-order chi connectivity index (χ0) is 22.8. The molecule has 6 aromatic carbocycles. The Balaban J connectivity index is 1.53. The highest BCUT2D eigenvalue weighted by Gasteiger charge is 2.14. The van der Waals surface area contributed by atoms with Gasteiger partial charge in [0.2, 0.25) is 0 Å². The largest absolute Gasteiger partial charge is 0.456 e. The fourth-order valence-electron chi connectivity index (χ4n) is 5.32. The molecule has 3 heteroatoms. The molecule has 34 heavy (non-hydrogen) atoms. The summed E-state index contributed by atoms with van der Waals surface area (Å²) in [5, 5.41) is 17.5. The Morgan fingerprint density at radius 2 is 1.09 bits per heavy atom. The number of rotatable bonds is 2. The van der Waals surface area contributed by atoms with Crippen LogP contribution in [0.4, 0.5) is 0 Å². The molecule has 0 amide bonds. The van der Waals surface area contributed by atoms with E-state index in [4.69, 9.17) is 15.6 Å². The number of nitrogens with one attached hydrogen (secondary N) is 1. The third kappa shape index (κ3) is 2.61. The summed E-state index contributed by atoms with van der Waals surface area (Å²) in [5.41, 5.74) is 10.4. The molecule has 0 unspecified atom stereocenters. The Morgan fingerprint density at radius 1 is 0.529 bits per heavy atom. The van der Waals surface area contributed by atoms with Crippen molar-refractivity contribution in [3.8, 4) is 11.1 Å². The molecule has 0 aliphatic rings. The van der Waals surface area contributed by atoms with Gasteiger partial charge in [0.15, 0.2) is 0 Å². The van der Waals surface area contributed by atoms with E-state index in [1.165, 1.54) is 32.3 Å². The van der Waals surface area contributed by atoms with Crippen molar-refractivity contribution < 1.29 is 4.42 Å². The fourth-order valence-corrected chi connectivity index (χ4v) is 5.32. The zero-order valence-corrected chi connectivity index (χ0v) is 18.3. The minimum absolute atomic E-state index is 0.0442. The van der Waals surface area contributed by atoms with Crippen LogP contribution in [0.5, 0.6) is 0 Å². The predicted molar refractivity (Wildman–Crippen MR) is 143 cm³/mol. The van der Waals surface area contributed by atoms with Gasteiger partial charge < -0.3 is 10.2 Å². The summed E-state index contributed by atoms with van der Waals surface area (Å²) in [6.45, 7) is 0. The first-order valence-corrected chi connectivity index (χ1v) is 11.3. The highest BCUT2D eigenvalue weighted by Crippen LogP contribution is 2.38. The van der Waals surface area contributed by atoms with Gasteiger partial charge in [-0.15, -0.1) is 0 Å². The Bertz CT molecular complexity index is 1910. The molecule has 3 N–H and O–H groups in total. The van der Waals surface area contributed by atoms with Crippen LogP contribution in [0.1, 0.15) is 5.56 Å². The van der Waals surface area contributed by atoms with Gasteiger partial charge >= 0.3 is 0 Å². The van der Waals surface area contributed by atoms with Gasteiger partial charge in [0.05, 0.1) is 0 Å². The molecular weight excluding hydrogens is 416 g/mol. The summed E-state index contributed by atoms with van der Waals surface area (Å²) in [5.74, 6) is 0.0442. The molecule has 0 aliphatic heterocycles. The second-order valence-electron chi connectivity index (χ2n) is 8.76. The third-order valence-corrected chi connectivity index (χ3v) is 6.86. The lowest BCUT2D eigenvalue weighted by Gasteiger charge is -2.12. The van der Waals surface area contributed by atoms with Gasteiger partial charge in [0, 0.05) is 16.3 Å². The lowest BCUT2D eigenvalue weighted by atomic mass is 9.92. The molecule has 7 aromatic rings. The molecule has 1 heterocycles. The van der Waals surface area contributed by atoms with Gasteiger partial charge in [-0.05, 0) is 67.7 Å². The van der Waals surface area contributed by atoms with Crippen molar-refractivity contribution in [3.63, 3.8) is 0 Å². The van der Waals surface area contributed by atoms with Crippen molar-refractivity contribution in [2.24, 2.45) is 5.73 Å². The highest BCUT2D eigenvalue weighted by molar-refractivity contribution is 6.26. The highest BCUT2D eigenvalue weighted by atomic mass is 16.3. The molecule has 0 spiro atoms. The Hall–Kier alpha value is -4.63. The molecule has 0 radical (unpaired) electrons. The molecule has 0 fully saturated rings. The van der Waals surface area contributed by atoms with Crippen molar-refractivity contribution in [3.05, 3.63) is 109 Å². The van der Waals surface area contributed by atoms with Crippen LogP contribution in [0.2, 0.25) is 0 Å². The maximum Gasteiger partial charge on any atom is 0.136 e. The minimum Gasteiger partial charge on any atom is -0.456 e. The van der Waals surface area contributed by atoms with Crippen molar-refractivity contribution in [1.29, 1.82) is 5.41 Å². The smallest absolute Gasteiger partial charge is 0.136 e. The summed E-state index contributed by atoms with van der Waals surface area (Å²) < 4.78 is 6.06. The second-order valence-corrected chi connectivity index (χ2v) is 8.76. The van der Waals surface area contributed by atoms with Gasteiger partial charge in [0.1, 0.15) is 17.0 Å². The molecule has 0 aliphatic carbocycles. The standard InChI is InChI=1S/C31H20N2O/c32-31(33)25-10-5-11-29-30(25)27-17-19(13-15-28(27)34-29)18-12-14-24-22-8-2-1-6-20(22)21-7-3-4-9-23(21)26(24)16-18/h1-17H,(H3,32,33). The van der Waals surface area contributed by atoms with Crippen LogP contribution in [-0.2, 0) is 0 Å². The van der Waals surface area contributed by atoms with Gasteiger partial charge in [-0.3, -0.25) is 5.41 Å². The molecular formula is C31H20N2O. The first kappa shape index (κ1) is 18.9. The maximum atomic E-state index is 8.02. The monoisotopic (exact) mass is 436 g/mol. The van der Waals surface area contributed by atoms with Crippen LogP contribution in [-0.4, -0.2) is 5.84 Å². The topological polar surface area (TPSA) is 63.0 Å². The molecule has 3 nitrogen and oxygen atoms in total. The van der Waals surface area contributed by atoms with Crippen LogP contribution in [0, 0.1) is 5.41 Å². The quantitative estimate of drug-likeness (QED) is 0.164. The van der Waals surface area contributed by atoms with Gasteiger partial charge in [-0.2, -0.15) is 0 Å². The molecule has 0 saturated carbocycles. The van der Waals surface area contributed by atoms with E-state index in [0.29, 0.717) is 5.56 Å². The van der Waals surface area contributed by atoms with E-state index >= 15 is 0 Å². The molecule has 0 atom stereocenters. The zero-order valence-electron chi connectivity index (χ0n) is 18.3. The number of hydrogen-bond acceptors (Lipinski definition) is 2. The molecule has 7 rings (SSSR count). The van der Waals surface area contributed by atoms with E-state index in [0.717, 1.165) is 33.1 Å². The van der Waals surface area contributed by atoms with Crippen LogP contribution in [0.3, 0.4) is 0 Å². The summed E-state index contributed by atoms with van der Waals surface area (Å²) in [4.78, 5) is 0. The van der Waals surface area contributed by atoms with E-state index in [-0.39, 0.29) is 5.84 Å². The van der Waals surface area contributed by atoms with Crippen molar-refractivity contribution in [2.45, 2.75) is 0 Å². The number of hydrogen-bond donors (Lipinski definition) is 2. The number of amidine groups is 1. The van der Waals surface area contributed by atoms with Gasteiger partial charge in [-0.1, -0.05) is 78.9 Å². The van der Waals surface area contributed by atoms with Crippen molar-refractivity contribution in [1.82, 2.24) is 0 Å². The lowest BCUT2D eigenvalue weighted by Crippen LogP contribution is -2.11. The fraction of sp³-hybridized carbons (Fsp3) is 0. The maximum absolute atomic E-state index is 8.02. The average Bonchev–Trinajstić information content (AvgIpc) is 3.26. The Kier molecular flexibility index (Phi) is 3.85. The van der Waals surface area contributed by atoms with Crippen LogP contribution in [0.25, 0.3) is 65.4 Å². The van der Waals surface area contributed by atoms with Crippen LogP contribution >= 0.6 is 0 Å². The number of nitrogen functional groups attached to an aromatic ring is 1. The molecule has 160 valence electrons. The number of benzene rings is 6. The molecule has 1 aromatic heterocycles. The number of nitrogens with two attached hydrogens (primary N) is 1. The normalized spacial score (nSPS) is 11.8. The average molecular weight is 437 g/mol. The second kappa shape index (κ2) is 6.93. The number of fused-ring (bicyclic) bond motifs is 9. The molecule has 0 saturated heterocycles. The summed E-state index contributed by atoms with van der Waals surface area (Å²) in [7, 11) is 0. The van der Waals surface area contributed by atoms with E-state index in [9.17, 15) is 0 Å². The Morgan fingerprint density at radius 3 is 1.74 bits per heavy atom. The number of furan rings is 1. The summed E-state index contributed by atoms with van der Waals surface area (Å²) in [6.07, 6.45) is 0. The van der Waals surface area contributed by atoms with E-state index in [1.807, 2.05) is 24.3 Å². The van der Waals surface area contributed by atoms with Crippen molar-refractivity contribution >= 4 is 60.1 Å². The Labute approximate surface area is 195 Å². The summed E-state index contributed by atoms with van der Waals surface area (Å²) >= 11 is 0. The first-order chi connectivity index (χ1) is 16.7. The SMILES string of the molecule is N=C(N)c1cccc2oc3ccc(-c4ccc5c6ccccc6c6ccccc6c5c4)cc3c12. The van der Waals surface area contributed by atoms with Gasteiger partial charge in [0.25, 0.3) is 0 Å².